The van der Waals surface area contributed by atoms with E-state index in [0.717, 1.165) is 37.4 Å². The number of aromatic nitrogens is 4. The molecular formula is C25H29F2N5O2. The number of anilines is 1. The minimum absolute atomic E-state index is 0.0645. The van der Waals surface area contributed by atoms with Crippen molar-refractivity contribution in [2.24, 2.45) is 0 Å². The molecule has 0 spiro atoms. The summed E-state index contributed by atoms with van der Waals surface area (Å²) >= 11 is 0. The van der Waals surface area contributed by atoms with Gasteiger partial charge in [0.2, 0.25) is 0 Å². The number of nitrogens with zero attached hydrogens (tertiary/aromatic N) is 5. The van der Waals surface area contributed by atoms with Crippen LogP contribution in [0.5, 0.6) is 5.75 Å². The molecule has 2 aromatic heterocycles. The highest BCUT2D eigenvalue weighted by molar-refractivity contribution is 5.72. The van der Waals surface area contributed by atoms with Crippen molar-refractivity contribution in [3.05, 3.63) is 53.7 Å². The third kappa shape index (κ3) is 4.49. The van der Waals surface area contributed by atoms with Crippen molar-refractivity contribution in [2.75, 3.05) is 18.1 Å². The van der Waals surface area contributed by atoms with E-state index in [9.17, 15) is 13.9 Å². The fourth-order valence-electron chi connectivity index (χ4n) is 4.84. The topological polar surface area (TPSA) is 76.3 Å². The van der Waals surface area contributed by atoms with E-state index in [2.05, 4.69) is 15.1 Å². The Hall–Kier alpha value is -3.07. The maximum Gasteiger partial charge on any atom is 0.178 e. The van der Waals surface area contributed by atoms with Gasteiger partial charge in [0.05, 0.1) is 36.8 Å². The van der Waals surface area contributed by atoms with Gasteiger partial charge < -0.3 is 14.7 Å². The average Bonchev–Trinajstić information content (AvgIpc) is 3.28. The molecule has 180 valence electrons. The average molecular weight is 470 g/mol. The van der Waals surface area contributed by atoms with Crippen LogP contribution in [-0.2, 0) is 6.42 Å². The van der Waals surface area contributed by atoms with Gasteiger partial charge in [0.15, 0.2) is 17.4 Å². The third-order valence-corrected chi connectivity index (χ3v) is 6.66. The lowest BCUT2D eigenvalue weighted by molar-refractivity contribution is 0.108. The van der Waals surface area contributed by atoms with Gasteiger partial charge in [-0.1, -0.05) is 0 Å². The molecule has 1 N–H and O–H groups in total. The van der Waals surface area contributed by atoms with Crippen LogP contribution in [0.25, 0.3) is 11.3 Å². The van der Waals surface area contributed by atoms with Crippen LogP contribution in [-0.4, -0.2) is 50.2 Å². The predicted octanol–water partition coefficient (Wildman–Crippen LogP) is 4.29. The molecule has 1 aliphatic heterocycles. The summed E-state index contributed by atoms with van der Waals surface area (Å²) in [5.74, 6) is -0.505. The molecule has 9 heteroatoms. The van der Waals surface area contributed by atoms with E-state index < -0.39 is 11.6 Å². The molecule has 1 saturated carbocycles. The van der Waals surface area contributed by atoms with Crippen molar-refractivity contribution < 1.29 is 18.6 Å². The monoisotopic (exact) mass is 469 g/mol. The van der Waals surface area contributed by atoms with Crippen molar-refractivity contribution in [3.8, 4) is 17.0 Å². The highest BCUT2D eigenvalue weighted by Crippen LogP contribution is 2.39. The predicted molar refractivity (Wildman–Crippen MR) is 124 cm³/mol. The number of rotatable bonds is 5. The molecule has 3 heterocycles. The number of aliphatic hydroxyl groups excluding tert-OH is 1. The zero-order valence-electron chi connectivity index (χ0n) is 19.4. The van der Waals surface area contributed by atoms with Crippen LogP contribution in [0.1, 0.15) is 57.0 Å². The van der Waals surface area contributed by atoms with Crippen molar-refractivity contribution in [1.82, 2.24) is 19.7 Å². The minimum atomic E-state index is -0.604. The Balaban J connectivity index is 1.41. The first kappa shape index (κ1) is 22.7. The van der Waals surface area contributed by atoms with Crippen LogP contribution in [0.4, 0.5) is 14.5 Å². The summed E-state index contributed by atoms with van der Waals surface area (Å²) in [4.78, 5) is 10.7. The zero-order valence-corrected chi connectivity index (χ0v) is 19.4. The molecule has 7 nitrogen and oxygen atoms in total. The van der Waals surface area contributed by atoms with Crippen molar-refractivity contribution in [2.45, 2.75) is 64.1 Å². The molecule has 0 saturated heterocycles. The second-order valence-electron chi connectivity index (χ2n) is 9.39. The second kappa shape index (κ2) is 9.29. The Morgan fingerprint density at radius 2 is 1.91 bits per heavy atom. The highest BCUT2D eigenvalue weighted by Gasteiger charge is 2.26. The number of fused-ring (bicyclic) bond motifs is 1. The lowest BCUT2D eigenvalue weighted by Gasteiger charge is -2.34. The van der Waals surface area contributed by atoms with Crippen LogP contribution in [0.15, 0.2) is 30.7 Å². The van der Waals surface area contributed by atoms with Gasteiger partial charge in [0, 0.05) is 24.2 Å². The molecule has 1 fully saturated rings. The lowest BCUT2D eigenvalue weighted by Crippen LogP contribution is -2.38. The molecule has 0 atom stereocenters. The number of hydrogen-bond donors (Lipinski definition) is 1. The summed E-state index contributed by atoms with van der Waals surface area (Å²) in [6.07, 6.45) is 8.38. The fourth-order valence-corrected chi connectivity index (χ4v) is 4.84. The van der Waals surface area contributed by atoms with Gasteiger partial charge in [-0.15, -0.1) is 0 Å². The molecule has 2 aliphatic rings. The first-order chi connectivity index (χ1) is 16.4. The molecule has 3 aromatic rings. The number of aliphatic hydroxyl groups is 1. The van der Waals surface area contributed by atoms with E-state index in [1.807, 2.05) is 29.6 Å². The minimum Gasteiger partial charge on any atom is -0.486 e. The number of ether oxygens (including phenoxy) is 1. The van der Waals surface area contributed by atoms with Gasteiger partial charge in [-0.2, -0.15) is 5.10 Å². The van der Waals surface area contributed by atoms with E-state index >= 15 is 0 Å². The Labute approximate surface area is 197 Å². The largest absolute Gasteiger partial charge is 0.486 e. The first-order valence-electron chi connectivity index (χ1n) is 11.8. The Morgan fingerprint density at radius 3 is 2.68 bits per heavy atom. The first-order valence-corrected chi connectivity index (χ1v) is 11.8. The van der Waals surface area contributed by atoms with E-state index in [1.165, 1.54) is 6.07 Å². The Morgan fingerprint density at radius 1 is 1.12 bits per heavy atom. The standard InChI is InChI=1S/C25H29F2N5O2/c1-15(2)31-7-8-34-25-20(26)10-17(11-22(25)31)24-21(27)13-28-23(30-24)9-16-12-29-32(14-16)18-3-5-19(33)6-4-18/h10-15,18-19,33H,3-9H2,1-2H3. The zero-order chi connectivity index (χ0) is 23.8. The normalized spacial score (nSPS) is 20.4. The van der Waals surface area contributed by atoms with Gasteiger partial charge in [0.25, 0.3) is 0 Å². The quantitative estimate of drug-likeness (QED) is 0.601. The summed E-state index contributed by atoms with van der Waals surface area (Å²) in [5, 5.41) is 14.2. The highest BCUT2D eigenvalue weighted by atomic mass is 19.1. The van der Waals surface area contributed by atoms with Gasteiger partial charge >= 0.3 is 0 Å². The lowest BCUT2D eigenvalue weighted by atomic mass is 9.93. The number of benzene rings is 1. The molecule has 34 heavy (non-hydrogen) atoms. The van der Waals surface area contributed by atoms with Crippen LogP contribution >= 0.6 is 0 Å². The molecular weight excluding hydrogens is 440 g/mol. The summed E-state index contributed by atoms with van der Waals surface area (Å²) in [7, 11) is 0. The number of hydrogen-bond acceptors (Lipinski definition) is 6. The second-order valence-corrected chi connectivity index (χ2v) is 9.39. The van der Waals surface area contributed by atoms with Crippen LogP contribution < -0.4 is 9.64 Å². The third-order valence-electron chi connectivity index (χ3n) is 6.66. The molecule has 1 aromatic carbocycles. The molecule has 5 rings (SSSR count). The summed E-state index contributed by atoms with van der Waals surface area (Å²) in [6, 6.07) is 3.42. The summed E-state index contributed by atoms with van der Waals surface area (Å²) < 4.78 is 37.1. The van der Waals surface area contributed by atoms with Gasteiger partial charge in [-0.05, 0) is 57.2 Å². The smallest absolute Gasteiger partial charge is 0.178 e. The van der Waals surface area contributed by atoms with Gasteiger partial charge in [-0.25, -0.2) is 18.7 Å². The maximum atomic E-state index is 14.9. The SMILES string of the molecule is CC(C)N1CCOc2c(F)cc(-c3nc(Cc4cnn(C5CCC(O)CC5)c4)ncc3F)cc21. The molecule has 0 unspecified atom stereocenters. The van der Waals surface area contributed by atoms with Crippen molar-refractivity contribution >= 4 is 5.69 Å². The van der Waals surface area contributed by atoms with E-state index in [1.54, 1.807) is 12.3 Å². The van der Waals surface area contributed by atoms with E-state index in [4.69, 9.17) is 4.74 Å². The van der Waals surface area contributed by atoms with Crippen molar-refractivity contribution in [3.63, 3.8) is 0 Å². The van der Waals surface area contributed by atoms with Gasteiger partial charge in [0.1, 0.15) is 18.1 Å². The Bertz CT molecular complexity index is 1170. The summed E-state index contributed by atoms with van der Waals surface area (Å²) in [5.41, 5.74) is 1.94. The van der Waals surface area contributed by atoms with Crippen LogP contribution in [0.2, 0.25) is 0 Å². The van der Waals surface area contributed by atoms with Crippen molar-refractivity contribution in [1.29, 1.82) is 0 Å². The molecule has 0 bridgehead atoms. The van der Waals surface area contributed by atoms with E-state index in [-0.39, 0.29) is 29.6 Å². The number of halogens is 2. The molecule has 0 amide bonds. The maximum absolute atomic E-state index is 14.9. The molecule has 1 aliphatic carbocycles. The van der Waals surface area contributed by atoms with Crippen LogP contribution in [0, 0.1) is 11.6 Å². The Kier molecular flexibility index (Phi) is 6.20. The molecule has 0 radical (unpaired) electrons. The van der Waals surface area contributed by atoms with Crippen LogP contribution in [0.3, 0.4) is 0 Å². The van der Waals surface area contributed by atoms with Gasteiger partial charge in [-0.3, -0.25) is 4.68 Å². The fraction of sp³-hybridized carbons (Fsp3) is 0.480. The van der Waals surface area contributed by atoms with E-state index in [0.29, 0.717) is 36.6 Å². The summed E-state index contributed by atoms with van der Waals surface area (Å²) in [6.45, 7) is 5.09.